The molecule has 0 radical (unpaired) electrons. The number of hydrogen-bond acceptors (Lipinski definition) is 7. The van der Waals surface area contributed by atoms with E-state index in [1.54, 1.807) is 6.20 Å². The zero-order valence-electron chi connectivity index (χ0n) is 17.0. The molecule has 1 atom stereocenters. The lowest BCUT2D eigenvalue weighted by Gasteiger charge is -2.18. The van der Waals surface area contributed by atoms with E-state index in [1.807, 2.05) is 18.2 Å². The summed E-state index contributed by atoms with van der Waals surface area (Å²) in [5.41, 5.74) is 0. The molecular formula is C21H28N6O2S. The molecule has 4 rings (SSSR count). The number of pyridine rings is 1. The first-order valence-corrected chi connectivity index (χ1v) is 11.6. The molecule has 2 aliphatic rings. The van der Waals surface area contributed by atoms with Crippen molar-refractivity contribution in [3.63, 3.8) is 0 Å². The highest BCUT2D eigenvalue weighted by Gasteiger charge is 2.25. The van der Waals surface area contributed by atoms with E-state index < -0.39 is 0 Å². The van der Waals surface area contributed by atoms with Crippen LogP contribution in [-0.2, 0) is 9.59 Å². The van der Waals surface area contributed by atoms with Gasteiger partial charge >= 0.3 is 0 Å². The van der Waals surface area contributed by atoms with Crippen molar-refractivity contribution in [2.75, 3.05) is 23.3 Å². The first-order chi connectivity index (χ1) is 14.7. The van der Waals surface area contributed by atoms with Gasteiger partial charge < -0.3 is 15.5 Å². The van der Waals surface area contributed by atoms with Gasteiger partial charge in [0.25, 0.3) is 0 Å². The molecule has 2 N–H and O–H groups in total. The van der Waals surface area contributed by atoms with E-state index in [4.69, 9.17) is 0 Å². The number of carbonyl (C=O) groups is 2. The number of aromatic nitrogens is 3. The van der Waals surface area contributed by atoms with Gasteiger partial charge in [-0.25, -0.2) is 4.98 Å². The monoisotopic (exact) mass is 428 g/mol. The minimum absolute atomic E-state index is 0.0868. The highest BCUT2D eigenvalue weighted by molar-refractivity contribution is 7.15. The average molecular weight is 429 g/mol. The van der Waals surface area contributed by atoms with Crippen molar-refractivity contribution in [3.8, 4) is 0 Å². The molecule has 1 unspecified atom stereocenters. The summed E-state index contributed by atoms with van der Waals surface area (Å²) < 4.78 is 0. The molecule has 2 aromatic rings. The van der Waals surface area contributed by atoms with E-state index >= 15 is 0 Å². The minimum atomic E-state index is -0.196. The van der Waals surface area contributed by atoms with Crippen molar-refractivity contribution in [1.29, 1.82) is 0 Å². The van der Waals surface area contributed by atoms with Gasteiger partial charge in [0.1, 0.15) is 10.8 Å². The number of nitrogens with one attached hydrogen (secondary N) is 2. The van der Waals surface area contributed by atoms with Crippen LogP contribution in [-0.4, -0.2) is 46.1 Å². The maximum atomic E-state index is 12.3. The molecule has 0 spiro atoms. The predicted octanol–water partition coefficient (Wildman–Crippen LogP) is 3.09. The van der Waals surface area contributed by atoms with E-state index in [0.717, 1.165) is 43.2 Å². The van der Waals surface area contributed by atoms with Crippen LogP contribution in [0.3, 0.4) is 0 Å². The summed E-state index contributed by atoms with van der Waals surface area (Å²) in [5, 5.41) is 15.7. The molecule has 8 nitrogen and oxygen atoms in total. The van der Waals surface area contributed by atoms with Crippen LogP contribution in [0.25, 0.3) is 0 Å². The van der Waals surface area contributed by atoms with Crippen molar-refractivity contribution in [2.45, 2.75) is 63.3 Å². The SMILES string of the molecule is O=C(CCC(=O)NC1CCN(c2ccccn2)C1)Nc1nnc(C2CCCCC2)s1. The molecule has 1 aliphatic heterocycles. The van der Waals surface area contributed by atoms with E-state index in [2.05, 4.69) is 30.7 Å². The van der Waals surface area contributed by atoms with Crippen molar-refractivity contribution in [3.05, 3.63) is 29.4 Å². The van der Waals surface area contributed by atoms with Crippen LogP contribution < -0.4 is 15.5 Å². The molecule has 2 aromatic heterocycles. The van der Waals surface area contributed by atoms with Crippen molar-refractivity contribution >= 4 is 34.1 Å². The third-order valence-electron chi connectivity index (χ3n) is 5.75. The Morgan fingerprint density at radius 1 is 1.07 bits per heavy atom. The summed E-state index contributed by atoms with van der Waals surface area (Å²) >= 11 is 1.46. The Morgan fingerprint density at radius 2 is 1.90 bits per heavy atom. The average Bonchev–Trinajstić information content (AvgIpc) is 3.43. The Hall–Kier alpha value is -2.55. The summed E-state index contributed by atoms with van der Waals surface area (Å²) in [5.74, 6) is 1.11. The fraction of sp³-hybridized carbons (Fsp3) is 0.571. The Kier molecular flexibility index (Phi) is 6.88. The zero-order valence-corrected chi connectivity index (χ0v) is 17.9. The van der Waals surface area contributed by atoms with E-state index in [9.17, 15) is 9.59 Å². The van der Waals surface area contributed by atoms with Crippen LogP contribution in [0.15, 0.2) is 24.4 Å². The standard InChI is InChI=1S/C21H28N6O2S/c28-18(23-16-11-13-27(14-16)17-8-4-5-12-22-17)9-10-19(29)24-21-26-25-20(30-21)15-6-2-1-3-7-15/h4-5,8,12,15-16H,1-3,6-7,9-11,13-14H2,(H,23,28)(H,24,26,29). The fourth-order valence-electron chi connectivity index (χ4n) is 4.14. The molecule has 30 heavy (non-hydrogen) atoms. The quantitative estimate of drug-likeness (QED) is 0.703. The fourth-order valence-corrected chi connectivity index (χ4v) is 5.06. The van der Waals surface area contributed by atoms with Gasteiger partial charge in [-0.2, -0.15) is 0 Å². The number of carbonyl (C=O) groups excluding carboxylic acids is 2. The molecule has 0 bridgehead atoms. The highest BCUT2D eigenvalue weighted by Crippen LogP contribution is 2.35. The number of amides is 2. The van der Waals surface area contributed by atoms with Gasteiger partial charge in [0.05, 0.1) is 0 Å². The smallest absolute Gasteiger partial charge is 0.226 e. The lowest BCUT2D eigenvalue weighted by atomic mass is 9.90. The van der Waals surface area contributed by atoms with Crippen molar-refractivity contribution < 1.29 is 9.59 Å². The second-order valence-electron chi connectivity index (χ2n) is 8.02. The predicted molar refractivity (Wildman–Crippen MR) is 117 cm³/mol. The number of nitrogens with zero attached hydrogens (tertiary/aromatic N) is 4. The van der Waals surface area contributed by atoms with Crippen LogP contribution in [0.2, 0.25) is 0 Å². The van der Waals surface area contributed by atoms with Gasteiger partial charge in [-0.1, -0.05) is 36.7 Å². The first-order valence-electron chi connectivity index (χ1n) is 10.8. The number of rotatable bonds is 7. The Morgan fingerprint density at radius 3 is 2.70 bits per heavy atom. The summed E-state index contributed by atoms with van der Waals surface area (Å²) in [6.07, 6.45) is 9.04. The first kappa shape index (κ1) is 20.7. The molecule has 1 saturated carbocycles. The van der Waals surface area contributed by atoms with Gasteiger partial charge in [0, 0.05) is 44.1 Å². The van der Waals surface area contributed by atoms with Crippen LogP contribution in [0.1, 0.15) is 62.3 Å². The lowest BCUT2D eigenvalue weighted by Crippen LogP contribution is -2.37. The normalized spacial score (nSPS) is 19.6. The van der Waals surface area contributed by atoms with Crippen LogP contribution >= 0.6 is 11.3 Å². The third kappa shape index (κ3) is 5.53. The topological polar surface area (TPSA) is 100 Å². The number of hydrogen-bond donors (Lipinski definition) is 2. The van der Waals surface area contributed by atoms with Crippen LogP contribution in [0.4, 0.5) is 10.9 Å². The highest BCUT2D eigenvalue weighted by atomic mass is 32.1. The number of anilines is 2. The molecule has 160 valence electrons. The second-order valence-corrected chi connectivity index (χ2v) is 9.02. The molecule has 2 fully saturated rings. The molecule has 1 saturated heterocycles. The van der Waals surface area contributed by atoms with E-state index in [0.29, 0.717) is 11.0 Å². The van der Waals surface area contributed by atoms with E-state index in [1.165, 1.54) is 30.6 Å². The minimum Gasteiger partial charge on any atom is -0.354 e. The maximum Gasteiger partial charge on any atom is 0.226 e. The largest absolute Gasteiger partial charge is 0.354 e. The van der Waals surface area contributed by atoms with Crippen LogP contribution in [0.5, 0.6) is 0 Å². The summed E-state index contributed by atoms with van der Waals surface area (Å²) in [4.78, 5) is 31.0. The zero-order chi connectivity index (χ0) is 20.8. The molecule has 9 heteroatoms. The second kappa shape index (κ2) is 9.97. The Bertz CT molecular complexity index is 852. The third-order valence-corrected chi connectivity index (χ3v) is 6.75. The summed E-state index contributed by atoms with van der Waals surface area (Å²) in [6, 6.07) is 5.91. The van der Waals surface area contributed by atoms with Crippen molar-refractivity contribution in [1.82, 2.24) is 20.5 Å². The molecule has 3 heterocycles. The summed E-state index contributed by atoms with van der Waals surface area (Å²) in [6.45, 7) is 1.60. The molecule has 1 aliphatic carbocycles. The molecule has 2 amide bonds. The molecular weight excluding hydrogens is 400 g/mol. The van der Waals surface area contributed by atoms with Crippen molar-refractivity contribution in [2.24, 2.45) is 0 Å². The van der Waals surface area contributed by atoms with Gasteiger partial charge in [-0.15, -0.1) is 10.2 Å². The lowest BCUT2D eigenvalue weighted by molar-refractivity contribution is -0.124. The Labute approximate surface area is 180 Å². The van der Waals surface area contributed by atoms with Crippen LogP contribution in [0, 0.1) is 0 Å². The van der Waals surface area contributed by atoms with Gasteiger partial charge in [-0.05, 0) is 31.4 Å². The van der Waals surface area contributed by atoms with Gasteiger partial charge in [-0.3, -0.25) is 9.59 Å². The summed E-state index contributed by atoms with van der Waals surface area (Å²) in [7, 11) is 0. The van der Waals surface area contributed by atoms with Gasteiger partial charge in [0.2, 0.25) is 16.9 Å². The van der Waals surface area contributed by atoms with E-state index in [-0.39, 0.29) is 30.7 Å². The maximum absolute atomic E-state index is 12.3. The Balaban J connectivity index is 1.17. The molecule has 0 aromatic carbocycles. The van der Waals surface area contributed by atoms with Gasteiger partial charge in [0.15, 0.2) is 0 Å².